The van der Waals surface area contributed by atoms with Crippen molar-refractivity contribution in [2.75, 3.05) is 20.8 Å². The molecule has 0 unspecified atom stereocenters. The fourth-order valence-electron chi connectivity index (χ4n) is 2.92. The van der Waals surface area contributed by atoms with Crippen molar-refractivity contribution in [3.05, 3.63) is 35.4 Å². The monoisotopic (exact) mass is 348 g/mol. The summed E-state index contributed by atoms with van der Waals surface area (Å²) in [6.07, 6.45) is 1.63. The third-order valence-corrected chi connectivity index (χ3v) is 4.28. The first-order chi connectivity index (χ1) is 11.8. The number of carbonyl (C=O) groups is 2. The Kier molecular flexibility index (Phi) is 5.69. The van der Waals surface area contributed by atoms with Gasteiger partial charge in [-0.15, -0.1) is 0 Å². The van der Waals surface area contributed by atoms with Gasteiger partial charge >= 0.3 is 5.97 Å². The fraction of sp³-hybridized carbons (Fsp3) is 0.444. The van der Waals surface area contributed by atoms with Crippen LogP contribution in [0.5, 0.6) is 11.5 Å². The van der Waals surface area contributed by atoms with E-state index in [0.29, 0.717) is 17.1 Å². The van der Waals surface area contributed by atoms with Crippen LogP contribution in [0, 0.1) is 0 Å². The number of nitrogens with one attached hydrogen (secondary N) is 1. The van der Waals surface area contributed by atoms with Crippen LogP contribution in [0.1, 0.15) is 19.4 Å². The van der Waals surface area contributed by atoms with Gasteiger partial charge in [0.1, 0.15) is 17.0 Å². The van der Waals surface area contributed by atoms with Crippen molar-refractivity contribution in [2.45, 2.75) is 31.8 Å². The Morgan fingerprint density at radius 1 is 1.36 bits per heavy atom. The number of carbonyl (C=O) groups excluding carboxylic acids is 2. The molecular formula is C18H24N2O5. The molecule has 1 aliphatic rings. The van der Waals surface area contributed by atoms with Gasteiger partial charge in [-0.1, -0.05) is 6.07 Å². The van der Waals surface area contributed by atoms with E-state index in [0.717, 1.165) is 5.56 Å². The molecule has 7 heteroatoms. The first-order valence-electron chi connectivity index (χ1n) is 8.01. The summed E-state index contributed by atoms with van der Waals surface area (Å²) in [7, 11) is 3.11. The lowest BCUT2D eigenvalue weighted by atomic mass is 9.74. The predicted octanol–water partition coefficient (Wildman–Crippen LogP) is 0.952. The van der Waals surface area contributed by atoms with E-state index in [1.807, 2.05) is 6.07 Å². The van der Waals surface area contributed by atoms with Gasteiger partial charge < -0.3 is 25.3 Å². The van der Waals surface area contributed by atoms with Crippen molar-refractivity contribution in [2.24, 2.45) is 5.73 Å². The van der Waals surface area contributed by atoms with Gasteiger partial charge in [0.15, 0.2) is 0 Å². The Balaban J connectivity index is 2.24. The van der Waals surface area contributed by atoms with Crippen molar-refractivity contribution in [1.82, 2.24) is 5.32 Å². The maximum atomic E-state index is 12.2. The summed E-state index contributed by atoms with van der Waals surface area (Å²) >= 11 is 0. The van der Waals surface area contributed by atoms with Gasteiger partial charge in [0.25, 0.3) is 0 Å². The highest BCUT2D eigenvalue weighted by Crippen LogP contribution is 2.33. The fourth-order valence-corrected chi connectivity index (χ4v) is 2.92. The molecule has 1 saturated heterocycles. The summed E-state index contributed by atoms with van der Waals surface area (Å²) in [5.41, 5.74) is 6.65. The lowest BCUT2D eigenvalue weighted by Gasteiger charge is -2.46. The van der Waals surface area contributed by atoms with Crippen LogP contribution in [0.25, 0.3) is 0 Å². The Morgan fingerprint density at radius 3 is 2.64 bits per heavy atom. The third-order valence-electron chi connectivity index (χ3n) is 4.28. The Hall–Kier alpha value is -2.54. The highest BCUT2D eigenvalue weighted by molar-refractivity contribution is 5.96. The van der Waals surface area contributed by atoms with Crippen LogP contribution in [-0.2, 0) is 20.7 Å². The van der Waals surface area contributed by atoms with Gasteiger partial charge in [-0.25, -0.2) is 4.79 Å². The zero-order valence-electron chi connectivity index (χ0n) is 14.9. The predicted molar refractivity (Wildman–Crippen MR) is 92.5 cm³/mol. The van der Waals surface area contributed by atoms with Gasteiger partial charge in [0.2, 0.25) is 5.91 Å². The number of nitrogens with two attached hydrogens (primary N) is 1. The van der Waals surface area contributed by atoms with Crippen molar-refractivity contribution in [1.29, 1.82) is 0 Å². The number of hydrogen-bond donors (Lipinski definition) is 2. The van der Waals surface area contributed by atoms with E-state index in [-0.39, 0.29) is 18.9 Å². The van der Waals surface area contributed by atoms with Crippen LogP contribution in [-0.4, -0.2) is 44.3 Å². The van der Waals surface area contributed by atoms with Gasteiger partial charge in [-0.2, -0.15) is 0 Å². The Labute approximate surface area is 147 Å². The second-order valence-corrected chi connectivity index (χ2v) is 5.94. The second-order valence-electron chi connectivity index (χ2n) is 5.94. The van der Waals surface area contributed by atoms with Crippen molar-refractivity contribution < 1.29 is 23.8 Å². The van der Waals surface area contributed by atoms with Crippen molar-refractivity contribution >= 4 is 11.9 Å². The molecule has 1 heterocycles. The molecule has 0 aromatic heterocycles. The van der Waals surface area contributed by atoms with Crippen LogP contribution >= 0.6 is 0 Å². The smallest absolute Gasteiger partial charge is 0.330 e. The topological polar surface area (TPSA) is 99.9 Å². The maximum Gasteiger partial charge on any atom is 0.330 e. The number of methoxy groups -OCH3 is 2. The number of ether oxygens (including phenoxy) is 3. The van der Waals surface area contributed by atoms with Crippen LogP contribution in [0.15, 0.2) is 29.8 Å². The normalized spacial score (nSPS) is 22.7. The average Bonchev–Trinajstić information content (AvgIpc) is 2.59. The number of β-lactam (4-membered cyclic amide) rings is 1. The molecule has 0 radical (unpaired) electrons. The molecular weight excluding hydrogens is 324 g/mol. The van der Waals surface area contributed by atoms with Crippen LogP contribution in [0.3, 0.4) is 0 Å². The molecule has 2 atom stereocenters. The van der Waals surface area contributed by atoms with Gasteiger partial charge in [0, 0.05) is 18.6 Å². The number of amides is 1. The summed E-state index contributed by atoms with van der Waals surface area (Å²) in [4.78, 5) is 23.8. The number of hydrogen-bond acceptors (Lipinski definition) is 6. The van der Waals surface area contributed by atoms with E-state index in [1.54, 1.807) is 40.2 Å². The summed E-state index contributed by atoms with van der Waals surface area (Å²) in [6.45, 7) is 3.76. The van der Waals surface area contributed by atoms with E-state index < -0.39 is 17.6 Å². The van der Waals surface area contributed by atoms with E-state index >= 15 is 0 Å². The highest BCUT2D eigenvalue weighted by atomic mass is 16.5. The standard InChI is InChI=1S/C18H24N2O5/c1-5-25-15(21)8-11(2)16-18(19,17(22)20-16)10-12-6-7-13(23-3)9-14(12)24-4/h6-9,16H,5,10,19H2,1-4H3,(H,20,22)/t16-,18-/m0/s1. The molecule has 1 aromatic rings. The maximum absolute atomic E-state index is 12.2. The van der Waals surface area contributed by atoms with Crippen molar-refractivity contribution in [3.8, 4) is 11.5 Å². The lowest BCUT2D eigenvalue weighted by Crippen LogP contribution is -2.78. The average molecular weight is 348 g/mol. The zero-order chi connectivity index (χ0) is 18.6. The minimum absolute atomic E-state index is 0.269. The van der Waals surface area contributed by atoms with Crippen LogP contribution in [0.4, 0.5) is 0 Å². The summed E-state index contributed by atoms with van der Waals surface area (Å²) in [5.74, 6) is 0.520. The number of esters is 1. The van der Waals surface area contributed by atoms with Crippen LogP contribution < -0.4 is 20.5 Å². The second kappa shape index (κ2) is 7.57. The molecule has 0 aliphatic carbocycles. The number of benzene rings is 1. The minimum atomic E-state index is -1.16. The highest BCUT2D eigenvalue weighted by Gasteiger charge is 2.53. The zero-order valence-corrected chi connectivity index (χ0v) is 14.9. The molecule has 0 bridgehead atoms. The van der Waals surface area contributed by atoms with Crippen LogP contribution in [0.2, 0.25) is 0 Å². The summed E-state index contributed by atoms with van der Waals surface area (Å²) < 4.78 is 15.5. The molecule has 0 saturated carbocycles. The number of rotatable bonds is 7. The molecule has 1 aromatic carbocycles. The minimum Gasteiger partial charge on any atom is -0.497 e. The van der Waals surface area contributed by atoms with Gasteiger partial charge in [0.05, 0.1) is 26.9 Å². The molecule has 1 amide bonds. The first kappa shape index (κ1) is 18.8. The summed E-state index contributed by atoms with van der Waals surface area (Å²) in [6, 6.07) is 4.90. The lowest BCUT2D eigenvalue weighted by molar-refractivity contribution is -0.138. The Morgan fingerprint density at radius 2 is 2.08 bits per heavy atom. The quantitative estimate of drug-likeness (QED) is 0.432. The first-order valence-corrected chi connectivity index (χ1v) is 8.01. The molecule has 1 aliphatic heterocycles. The molecule has 0 spiro atoms. The Bertz CT molecular complexity index is 701. The van der Waals surface area contributed by atoms with E-state index in [1.165, 1.54) is 6.08 Å². The van der Waals surface area contributed by atoms with E-state index in [2.05, 4.69) is 5.32 Å². The van der Waals surface area contributed by atoms with E-state index in [9.17, 15) is 9.59 Å². The molecule has 25 heavy (non-hydrogen) atoms. The third kappa shape index (κ3) is 3.76. The molecule has 1 fully saturated rings. The van der Waals surface area contributed by atoms with E-state index in [4.69, 9.17) is 19.9 Å². The molecule has 2 rings (SSSR count). The van der Waals surface area contributed by atoms with Gasteiger partial charge in [-0.3, -0.25) is 4.79 Å². The SMILES string of the molecule is CCOC(=O)C=C(C)[C@@H]1NC(=O)[C@]1(N)Cc1ccc(OC)cc1OC. The molecule has 3 N–H and O–H groups in total. The van der Waals surface area contributed by atoms with Crippen molar-refractivity contribution in [3.63, 3.8) is 0 Å². The molecule has 136 valence electrons. The largest absolute Gasteiger partial charge is 0.497 e. The van der Waals surface area contributed by atoms with Gasteiger partial charge in [-0.05, 0) is 31.1 Å². The summed E-state index contributed by atoms with van der Waals surface area (Å²) in [5, 5.41) is 2.76. The molecule has 7 nitrogen and oxygen atoms in total.